The van der Waals surface area contributed by atoms with Gasteiger partial charge in [0.25, 0.3) is 0 Å². The summed E-state index contributed by atoms with van der Waals surface area (Å²) in [7, 11) is 1.63. The molecule has 0 bridgehead atoms. The van der Waals surface area contributed by atoms with Gasteiger partial charge in [-0.3, -0.25) is 0 Å². The Morgan fingerprint density at radius 2 is 2.11 bits per heavy atom. The number of hydrogen-bond donors (Lipinski definition) is 1. The molecule has 2 aromatic heterocycles. The fourth-order valence-electron chi connectivity index (χ4n) is 2.05. The van der Waals surface area contributed by atoms with Crippen molar-refractivity contribution in [3.8, 4) is 5.88 Å². The number of thiophene rings is 1. The van der Waals surface area contributed by atoms with Gasteiger partial charge < -0.3 is 10.1 Å². The van der Waals surface area contributed by atoms with E-state index >= 15 is 0 Å². The van der Waals surface area contributed by atoms with Crippen LogP contribution in [0.4, 0.5) is 5.69 Å². The number of nitrogens with one attached hydrogen (secondary N) is 1. The molecule has 0 fully saturated rings. The molecular formula is C15H14N2OS. The average molecular weight is 270 g/mol. The Kier molecular flexibility index (Phi) is 3.33. The van der Waals surface area contributed by atoms with Gasteiger partial charge in [0, 0.05) is 17.4 Å². The van der Waals surface area contributed by atoms with Gasteiger partial charge in [-0.15, -0.1) is 11.3 Å². The third-order valence-electron chi connectivity index (χ3n) is 2.99. The molecule has 2 heterocycles. The van der Waals surface area contributed by atoms with Crippen molar-refractivity contribution < 1.29 is 4.74 Å². The minimum atomic E-state index is 0.627. The number of nitrogens with zero attached hydrogens (tertiary/aromatic N) is 1. The zero-order valence-electron chi connectivity index (χ0n) is 10.6. The van der Waals surface area contributed by atoms with Gasteiger partial charge in [-0.2, -0.15) is 0 Å². The molecule has 0 aliphatic carbocycles. The smallest absolute Gasteiger partial charge is 0.237 e. The minimum Gasteiger partial charge on any atom is -0.480 e. The zero-order chi connectivity index (χ0) is 13.1. The first-order valence-corrected chi connectivity index (χ1v) is 6.94. The summed E-state index contributed by atoms with van der Waals surface area (Å²) >= 11 is 1.77. The maximum Gasteiger partial charge on any atom is 0.237 e. The lowest BCUT2D eigenvalue weighted by molar-refractivity contribution is 0.399. The lowest BCUT2D eigenvalue weighted by atomic mass is 10.2. The summed E-state index contributed by atoms with van der Waals surface area (Å²) in [4.78, 5) is 4.18. The van der Waals surface area contributed by atoms with Crippen LogP contribution in [0.25, 0.3) is 10.1 Å². The zero-order valence-corrected chi connectivity index (χ0v) is 11.4. The van der Waals surface area contributed by atoms with E-state index < -0.39 is 0 Å². The van der Waals surface area contributed by atoms with Crippen LogP contribution in [0.1, 0.15) is 5.56 Å². The van der Waals surface area contributed by atoms with E-state index in [-0.39, 0.29) is 0 Å². The van der Waals surface area contributed by atoms with Gasteiger partial charge >= 0.3 is 0 Å². The predicted molar refractivity (Wildman–Crippen MR) is 79.9 cm³/mol. The number of pyridine rings is 1. The first kappa shape index (κ1) is 12.0. The van der Waals surface area contributed by atoms with Crippen LogP contribution in [0.5, 0.6) is 5.88 Å². The molecule has 0 saturated carbocycles. The Morgan fingerprint density at radius 3 is 3.00 bits per heavy atom. The van der Waals surface area contributed by atoms with Crippen molar-refractivity contribution in [1.29, 1.82) is 0 Å². The van der Waals surface area contributed by atoms with E-state index in [2.05, 4.69) is 39.9 Å². The van der Waals surface area contributed by atoms with Crippen molar-refractivity contribution in [2.45, 2.75) is 6.54 Å². The van der Waals surface area contributed by atoms with Crippen LogP contribution in [0.15, 0.2) is 48.0 Å². The summed E-state index contributed by atoms with van der Waals surface area (Å²) in [5.74, 6) is 0.627. The Morgan fingerprint density at radius 1 is 1.21 bits per heavy atom. The molecule has 0 spiro atoms. The van der Waals surface area contributed by atoms with Crippen molar-refractivity contribution in [1.82, 2.24) is 4.98 Å². The lowest BCUT2D eigenvalue weighted by Gasteiger charge is -2.09. The summed E-state index contributed by atoms with van der Waals surface area (Å²) in [6, 6.07) is 12.3. The van der Waals surface area contributed by atoms with Crippen LogP contribution in [0.2, 0.25) is 0 Å². The topological polar surface area (TPSA) is 34.1 Å². The Bertz CT molecular complexity index is 693. The number of anilines is 1. The summed E-state index contributed by atoms with van der Waals surface area (Å²) < 4.78 is 6.55. The second-order valence-corrected chi connectivity index (χ2v) is 5.08. The normalized spacial score (nSPS) is 10.6. The Labute approximate surface area is 115 Å². The van der Waals surface area contributed by atoms with E-state index in [0.717, 1.165) is 12.2 Å². The van der Waals surface area contributed by atoms with Crippen molar-refractivity contribution >= 4 is 27.1 Å². The minimum absolute atomic E-state index is 0.627. The quantitative estimate of drug-likeness (QED) is 0.780. The third kappa shape index (κ3) is 2.39. The molecule has 0 unspecified atom stereocenters. The van der Waals surface area contributed by atoms with Crippen LogP contribution in [-0.2, 0) is 6.54 Å². The Balaban J connectivity index is 1.82. The molecule has 0 aliphatic rings. The first-order valence-electron chi connectivity index (χ1n) is 6.06. The standard InChI is InChI=1S/C15H14N2OS/c1-18-15-13(6-4-8-16-15)17-9-11-10-19-14-7-3-2-5-12(11)14/h2-8,10,17H,9H2,1H3. The molecule has 0 atom stereocenters. The maximum atomic E-state index is 5.23. The van der Waals surface area contributed by atoms with Crippen molar-refractivity contribution in [3.63, 3.8) is 0 Å². The van der Waals surface area contributed by atoms with E-state index in [4.69, 9.17) is 4.74 Å². The van der Waals surface area contributed by atoms with Gasteiger partial charge in [0.15, 0.2) is 0 Å². The molecule has 3 nitrogen and oxygen atoms in total. The van der Waals surface area contributed by atoms with E-state index in [9.17, 15) is 0 Å². The fourth-order valence-corrected chi connectivity index (χ4v) is 3.01. The number of fused-ring (bicyclic) bond motifs is 1. The van der Waals surface area contributed by atoms with Gasteiger partial charge in [-0.1, -0.05) is 18.2 Å². The van der Waals surface area contributed by atoms with Gasteiger partial charge in [0.1, 0.15) is 0 Å². The molecule has 1 N–H and O–H groups in total. The predicted octanol–water partition coefficient (Wildman–Crippen LogP) is 3.92. The second kappa shape index (κ2) is 5.28. The van der Waals surface area contributed by atoms with Gasteiger partial charge in [0.05, 0.1) is 12.8 Å². The molecule has 19 heavy (non-hydrogen) atoms. The number of aromatic nitrogens is 1. The molecule has 3 rings (SSSR count). The van der Waals surface area contributed by atoms with Gasteiger partial charge in [-0.25, -0.2) is 4.98 Å². The average Bonchev–Trinajstić information content (AvgIpc) is 2.89. The summed E-state index contributed by atoms with van der Waals surface area (Å²) in [6.45, 7) is 0.770. The SMILES string of the molecule is COc1ncccc1NCc1csc2ccccc12. The van der Waals surface area contributed by atoms with Crippen LogP contribution in [-0.4, -0.2) is 12.1 Å². The van der Waals surface area contributed by atoms with E-state index in [1.807, 2.05) is 12.1 Å². The molecular weight excluding hydrogens is 256 g/mol. The highest BCUT2D eigenvalue weighted by molar-refractivity contribution is 7.17. The molecule has 1 aromatic carbocycles. The molecule has 0 radical (unpaired) electrons. The van der Waals surface area contributed by atoms with Crippen LogP contribution in [0.3, 0.4) is 0 Å². The molecule has 0 amide bonds. The summed E-state index contributed by atoms with van der Waals surface area (Å²) in [5, 5.41) is 6.88. The number of methoxy groups -OCH3 is 1. The molecule has 96 valence electrons. The first-order chi connectivity index (χ1) is 9.38. The highest BCUT2D eigenvalue weighted by atomic mass is 32.1. The van der Waals surface area contributed by atoms with E-state index in [1.165, 1.54) is 15.6 Å². The van der Waals surface area contributed by atoms with E-state index in [0.29, 0.717) is 5.88 Å². The molecule has 0 saturated heterocycles. The maximum absolute atomic E-state index is 5.23. The summed E-state index contributed by atoms with van der Waals surface area (Å²) in [6.07, 6.45) is 1.73. The highest BCUT2D eigenvalue weighted by Crippen LogP contribution is 2.27. The molecule has 4 heteroatoms. The van der Waals surface area contributed by atoms with Crippen LogP contribution < -0.4 is 10.1 Å². The molecule has 0 aliphatic heterocycles. The molecule has 3 aromatic rings. The van der Waals surface area contributed by atoms with Crippen LogP contribution in [0, 0.1) is 0 Å². The summed E-state index contributed by atoms with van der Waals surface area (Å²) in [5.41, 5.74) is 2.21. The fraction of sp³-hybridized carbons (Fsp3) is 0.133. The number of hydrogen-bond acceptors (Lipinski definition) is 4. The lowest BCUT2D eigenvalue weighted by Crippen LogP contribution is -2.01. The monoisotopic (exact) mass is 270 g/mol. The number of ether oxygens (including phenoxy) is 1. The number of rotatable bonds is 4. The van der Waals surface area contributed by atoms with E-state index in [1.54, 1.807) is 24.6 Å². The third-order valence-corrected chi connectivity index (χ3v) is 4.01. The second-order valence-electron chi connectivity index (χ2n) is 4.17. The van der Waals surface area contributed by atoms with Crippen LogP contribution >= 0.6 is 11.3 Å². The van der Waals surface area contributed by atoms with Crippen molar-refractivity contribution in [2.24, 2.45) is 0 Å². The van der Waals surface area contributed by atoms with Gasteiger partial charge in [0.2, 0.25) is 5.88 Å². The largest absolute Gasteiger partial charge is 0.480 e. The van der Waals surface area contributed by atoms with Crippen molar-refractivity contribution in [3.05, 3.63) is 53.5 Å². The van der Waals surface area contributed by atoms with Gasteiger partial charge in [-0.05, 0) is 34.5 Å². The number of benzene rings is 1. The Hall–Kier alpha value is -2.07. The van der Waals surface area contributed by atoms with Crippen molar-refractivity contribution in [2.75, 3.05) is 12.4 Å². The highest BCUT2D eigenvalue weighted by Gasteiger charge is 2.05.